The Morgan fingerprint density at radius 2 is 1.96 bits per heavy atom. The third-order valence-electron chi connectivity index (χ3n) is 3.64. The van der Waals surface area contributed by atoms with E-state index in [2.05, 4.69) is 29.5 Å². The number of nitro groups is 1. The maximum Gasteiger partial charge on any atom is 0.271 e. The molecule has 1 heterocycles. The molecular formula is C16H17N5O2. The molecule has 0 aliphatic rings. The molecule has 1 aromatic heterocycles. The number of hydrogen-bond acceptors (Lipinski definition) is 5. The minimum atomic E-state index is -0.402. The van der Waals surface area contributed by atoms with Gasteiger partial charge >= 0.3 is 0 Å². The van der Waals surface area contributed by atoms with Crippen LogP contribution in [0.15, 0.2) is 48.5 Å². The van der Waals surface area contributed by atoms with Crippen LogP contribution in [0.3, 0.4) is 0 Å². The van der Waals surface area contributed by atoms with E-state index in [-0.39, 0.29) is 17.8 Å². The molecular weight excluding hydrogens is 294 g/mol. The van der Waals surface area contributed by atoms with Gasteiger partial charge < -0.3 is 5.32 Å². The summed E-state index contributed by atoms with van der Waals surface area (Å²) in [6.07, 6.45) is -0.163. The zero-order valence-electron chi connectivity index (χ0n) is 12.9. The molecule has 0 fully saturated rings. The smallest absolute Gasteiger partial charge is 0.271 e. The summed E-state index contributed by atoms with van der Waals surface area (Å²) < 4.78 is 1.82. The van der Waals surface area contributed by atoms with Crippen molar-refractivity contribution in [3.05, 3.63) is 58.6 Å². The fraction of sp³-hybridized carbons (Fsp3) is 0.250. The van der Waals surface area contributed by atoms with E-state index in [4.69, 9.17) is 0 Å². The van der Waals surface area contributed by atoms with Crippen LogP contribution in [0.25, 0.3) is 11.0 Å². The SMILES string of the molecule is CC(C)C(Nc1cccc([N+](=O)[O-])c1)n1nnc2ccccc21. The number of nitro benzene ring substituents is 1. The topological polar surface area (TPSA) is 85.9 Å². The van der Waals surface area contributed by atoms with Gasteiger partial charge in [-0.2, -0.15) is 0 Å². The number of fused-ring (bicyclic) bond motifs is 1. The largest absolute Gasteiger partial charge is 0.363 e. The molecule has 1 unspecified atom stereocenters. The molecule has 7 heteroatoms. The first-order chi connectivity index (χ1) is 11.1. The first kappa shape index (κ1) is 15.0. The molecule has 0 saturated carbocycles. The van der Waals surface area contributed by atoms with Gasteiger partial charge in [0, 0.05) is 17.8 Å². The van der Waals surface area contributed by atoms with Crippen LogP contribution in [-0.2, 0) is 0 Å². The second kappa shape index (κ2) is 6.04. The summed E-state index contributed by atoms with van der Waals surface area (Å²) in [5, 5.41) is 22.7. The summed E-state index contributed by atoms with van der Waals surface area (Å²) in [6, 6.07) is 14.2. The number of benzene rings is 2. The minimum Gasteiger partial charge on any atom is -0.363 e. The normalized spacial score (nSPS) is 12.5. The lowest BCUT2D eigenvalue weighted by atomic mass is 10.1. The van der Waals surface area contributed by atoms with Crippen LogP contribution in [0, 0.1) is 16.0 Å². The molecule has 0 radical (unpaired) electrons. The van der Waals surface area contributed by atoms with Gasteiger partial charge in [-0.1, -0.05) is 37.3 Å². The van der Waals surface area contributed by atoms with E-state index >= 15 is 0 Å². The highest BCUT2D eigenvalue weighted by molar-refractivity contribution is 5.74. The Kier molecular flexibility index (Phi) is 3.92. The molecule has 2 aromatic carbocycles. The molecule has 1 atom stereocenters. The zero-order chi connectivity index (χ0) is 16.4. The van der Waals surface area contributed by atoms with E-state index in [1.54, 1.807) is 6.07 Å². The summed E-state index contributed by atoms with van der Waals surface area (Å²) in [6.45, 7) is 4.12. The van der Waals surface area contributed by atoms with Crippen molar-refractivity contribution in [2.75, 3.05) is 5.32 Å². The van der Waals surface area contributed by atoms with E-state index in [0.29, 0.717) is 5.69 Å². The van der Waals surface area contributed by atoms with E-state index in [9.17, 15) is 10.1 Å². The summed E-state index contributed by atoms with van der Waals surface area (Å²) in [7, 11) is 0. The molecule has 0 amide bonds. The van der Waals surface area contributed by atoms with Crippen LogP contribution in [-0.4, -0.2) is 19.9 Å². The highest BCUT2D eigenvalue weighted by Crippen LogP contribution is 2.26. The molecule has 0 spiro atoms. The van der Waals surface area contributed by atoms with Gasteiger partial charge in [0.15, 0.2) is 0 Å². The molecule has 118 valence electrons. The predicted molar refractivity (Wildman–Crippen MR) is 88.1 cm³/mol. The fourth-order valence-corrected chi connectivity index (χ4v) is 2.48. The minimum absolute atomic E-state index is 0.0564. The van der Waals surface area contributed by atoms with Gasteiger partial charge in [0.25, 0.3) is 5.69 Å². The lowest BCUT2D eigenvalue weighted by molar-refractivity contribution is -0.384. The number of nitrogens with one attached hydrogen (secondary N) is 1. The molecule has 1 N–H and O–H groups in total. The number of nitrogens with zero attached hydrogens (tertiary/aromatic N) is 4. The van der Waals surface area contributed by atoms with Crippen molar-refractivity contribution in [2.24, 2.45) is 5.92 Å². The van der Waals surface area contributed by atoms with Crippen molar-refractivity contribution in [3.63, 3.8) is 0 Å². The van der Waals surface area contributed by atoms with Gasteiger partial charge in [0.1, 0.15) is 11.7 Å². The van der Waals surface area contributed by atoms with E-state index < -0.39 is 4.92 Å². The first-order valence-electron chi connectivity index (χ1n) is 7.37. The third kappa shape index (κ3) is 2.98. The quantitative estimate of drug-likeness (QED) is 0.574. The zero-order valence-corrected chi connectivity index (χ0v) is 12.9. The molecule has 3 aromatic rings. The maximum atomic E-state index is 10.9. The summed E-state index contributed by atoms with van der Waals surface area (Å²) in [5.74, 6) is 0.208. The highest BCUT2D eigenvalue weighted by atomic mass is 16.6. The first-order valence-corrected chi connectivity index (χ1v) is 7.37. The van der Waals surface area contributed by atoms with Gasteiger partial charge in [0.2, 0.25) is 0 Å². The Morgan fingerprint density at radius 1 is 1.17 bits per heavy atom. The van der Waals surface area contributed by atoms with Crippen LogP contribution in [0.4, 0.5) is 11.4 Å². The number of anilines is 1. The van der Waals surface area contributed by atoms with Crippen LogP contribution < -0.4 is 5.32 Å². The van der Waals surface area contributed by atoms with Gasteiger partial charge in [0.05, 0.1) is 10.4 Å². The molecule has 0 saturated heterocycles. The van der Waals surface area contributed by atoms with E-state index in [0.717, 1.165) is 11.0 Å². The van der Waals surface area contributed by atoms with Crippen molar-refractivity contribution in [1.82, 2.24) is 15.0 Å². The molecule has 0 bridgehead atoms. The van der Waals surface area contributed by atoms with E-state index in [1.807, 2.05) is 35.0 Å². The Labute approximate surface area is 133 Å². The van der Waals surface area contributed by atoms with Gasteiger partial charge in [-0.3, -0.25) is 10.1 Å². The molecule has 7 nitrogen and oxygen atoms in total. The average Bonchev–Trinajstić information content (AvgIpc) is 2.96. The second-order valence-electron chi connectivity index (χ2n) is 5.66. The number of para-hydroxylation sites is 1. The average molecular weight is 311 g/mol. The number of hydrogen-bond donors (Lipinski definition) is 1. The highest BCUT2D eigenvalue weighted by Gasteiger charge is 2.20. The van der Waals surface area contributed by atoms with E-state index in [1.165, 1.54) is 12.1 Å². The van der Waals surface area contributed by atoms with Crippen molar-refractivity contribution in [2.45, 2.75) is 20.0 Å². The van der Waals surface area contributed by atoms with Crippen molar-refractivity contribution >= 4 is 22.4 Å². The third-order valence-corrected chi connectivity index (χ3v) is 3.64. The molecule has 0 aliphatic carbocycles. The molecule has 0 aliphatic heterocycles. The lowest BCUT2D eigenvalue weighted by Gasteiger charge is -2.24. The number of rotatable bonds is 5. The standard InChI is InChI=1S/C16H17N5O2/c1-11(2)16(17-12-6-5-7-13(10-12)21(22)23)20-15-9-4-3-8-14(15)18-19-20/h3-11,16-17H,1-2H3. The second-order valence-corrected chi connectivity index (χ2v) is 5.66. The number of aromatic nitrogens is 3. The van der Waals surface area contributed by atoms with Crippen molar-refractivity contribution < 1.29 is 4.92 Å². The van der Waals surface area contributed by atoms with Crippen LogP contribution in [0.1, 0.15) is 20.0 Å². The summed E-state index contributed by atoms with van der Waals surface area (Å²) >= 11 is 0. The summed E-state index contributed by atoms with van der Waals surface area (Å²) in [4.78, 5) is 10.5. The Balaban J connectivity index is 1.97. The Morgan fingerprint density at radius 3 is 2.70 bits per heavy atom. The summed E-state index contributed by atoms with van der Waals surface area (Å²) in [5.41, 5.74) is 2.47. The number of non-ortho nitro benzene ring substituents is 1. The van der Waals surface area contributed by atoms with Crippen LogP contribution >= 0.6 is 0 Å². The van der Waals surface area contributed by atoms with Crippen molar-refractivity contribution in [1.29, 1.82) is 0 Å². The fourth-order valence-electron chi connectivity index (χ4n) is 2.48. The van der Waals surface area contributed by atoms with Gasteiger partial charge in [-0.25, -0.2) is 4.68 Å². The van der Waals surface area contributed by atoms with Crippen molar-refractivity contribution in [3.8, 4) is 0 Å². The van der Waals surface area contributed by atoms with Crippen LogP contribution in [0.5, 0.6) is 0 Å². The lowest BCUT2D eigenvalue weighted by Crippen LogP contribution is -2.24. The van der Waals surface area contributed by atoms with Gasteiger partial charge in [-0.05, 0) is 24.1 Å². The maximum absolute atomic E-state index is 10.9. The Hall–Kier alpha value is -2.96. The monoisotopic (exact) mass is 311 g/mol. The molecule has 23 heavy (non-hydrogen) atoms. The van der Waals surface area contributed by atoms with Gasteiger partial charge in [-0.15, -0.1) is 5.10 Å². The Bertz CT molecular complexity index is 843. The predicted octanol–water partition coefficient (Wildman–Crippen LogP) is 3.61. The molecule has 3 rings (SSSR count). The van der Waals surface area contributed by atoms with Crippen LogP contribution in [0.2, 0.25) is 0 Å².